The van der Waals surface area contributed by atoms with E-state index in [1.165, 1.54) is 0 Å². The molecule has 3 rings (SSSR count). The van der Waals surface area contributed by atoms with Gasteiger partial charge >= 0.3 is 0 Å². The highest BCUT2D eigenvalue weighted by atomic mass is 127. The highest BCUT2D eigenvalue weighted by molar-refractivity contribution is 14.1. The van der Waals surface area contributed by atoms with Gasteiger partial charge in [0.1, 0.15) is 18.1 Å². The fourth-order valence-corrected chi connectivity index (χ4v) is 3.22. The molecule has 0 aromatic heterocycles. The number of hydrazone groups is 1. The molecular formula is C22H19IN2O3. The average Bonchev–Trinajstić information content (AvgIpc) is 2.73. The van der Waals surface area contributed by atoms with Crippen LogP contribution in [0.1, 0.15) is 21.5 Å². The fraction of sp³-hybridized carbons (Fsp3) is 0.0909. The van der Waals surface area contributed by atoms with Crippen LogP contribution in [-0.4, -0.2) is 19.2 Å². The Balaban J connectivity index is 1.64. The second kappa shape index (κ2) is 9.89. The second-order valence-corrected chi connectivity index (χ2v) is 7.02. The number of halogens is 1. The van der Waals surface area contributed by atoms with Crippen LogP contribution < -0.4 is 14.9 Å². The topological polar surface area (TPSA) is 59.9 Å². The number of benzene rings is 3. The molecule has 5 nitrogen and oxygen atoms in total. The summed E-state index contributed by atoms with van der Waals surface area (Å²) in [6, 6.07) is 22.7. The summed E-state index contributed by atoms with van der Waals surface area (Å²) >= 11 is 2.12. The summed E-state index contributed by atoms with van der Waals surface area (Å²) in [5.74, 6) is 1.13. The molecule has 0 fully saturated rings. The Morgan fingerprint density at radius 1 is 1.04 bits per heavy atom. The van der Waals surface area contributed by atoms with Crippen molar-refractivity contribution in [1.82, 2.24) is 5.43 Å². The molecule has 3 aromatic rings. The minimum absolute atomic E-state index is 0.292. The first-order valence-electron chi connectivity index (χ1n) is 8.60. The van der Waals surface area contributed by atoms with Gasteiger partial charge in [0, 0.05) is 11.1 Å². The van der Waals surface area contributed by atoms with Crippen LogP contribution in [0.2, 0.25) is 0 Å². The smallest absolute Gasteiger partial charge is 0.271 e. The monoisotopic (exact) mass is 486 g/mol. The molecule has 142 valence electrons. The first-order chi connectivity index (χ1) is 13.7. The molecule has 0 heterocycles. The van der Waals surface area contributed by atoms with Crippen LogP contribution in [-0.2, 0) is 6.61 Å². The van der Waals surface area contributed by atoms with E-state index in [0.29, 0.717) is 17.9 Å². The Bertz CT molecular complexity index is 975. The summed E-state index contributed by atoms with van der Waals surface area (Å²) in [7, 11) is 1.60. The van der Waals surface area contributed by atoms with Gasteiger partial charge < -0.3 is 9.47 Å². The summed E-state index contributed by atoms with van der Waals surface area (Å²) in [4.78, 5) is 12.3. The van der Waals surface area contributed by atoms with E-state index in [4.69, 9.17) is 9.47 Å². The number of ether oxygens (including phenoxy) is 2. The Morgan fingerprint density at radius 3 is 2.54 bits per heavy atom. The van der Waals surface area contributed by atoms with Gasteiger partial charge in [0.2, 0.25) is 0 Å². The van der Waals surface area contributed by atoms with Crippen LogP contribution in [0.25, 0.3) is 0 Å². The quantitative estimate of drug-likeness (QED) is 0.301. The van der Waals surface area contributed by atoms with E-state index in [2.05, 4.69) is 33.1 Å². The number of carbonyl (C=O) groups excluding carboxylic acids is 1. The second-order valence-electron chi connectivity index (χ2n) is 5.86. The molecule has 0 spiro atoms. The van der Waals surface area contributed by atoms with Gasteiger partial charge in [-0.1, -0.05) is 42.5 Å². The largest absolute Gasteiger partial charge is 0.496 e. The molecule has 0 radical (unpaired) electrons. The Labute approximate surface area is 177 Å². The normalized spacial score (nSPS) is 10.6. The molecule has 0 aliphatic rings. The Kier molecular flexibility index (Phi) is 7.02. The molecule has 0 unspecified atom stereocenters. The zero-order valence-electron chi connectivity index (χ0n) is 15.3. The van der Waals surface area contributed by atoms with E-state index in [9.17, 15) is 4.79 Å². The minimum Gasteiger partial charge on any atom is -0.496 e. The van der Waals surface area contributed by atoms with Crippen molar-refractivity contribution in [3.05, 3.63) is 93.1 Å². The van der Waals surface area contributed by atoms with E-state index in [1.807, 2.05) is 54.6 Å². The third-order valence-corrected chi connectivity index (χ3v) is 4.78. The van der Waals surface area contributed by atoms with Crippen molar-refractivity contribution in [2.45, 2.75) is 6.61 Å². The van der Waals surface area contributed by atoms with Crippen LogP contribution in [0.4, 0.5) is 0 Å². The molecule has 0 saturated carbocycles. The van der Waals surface area contributed by atoms with Crippen molar-refractivity contribution < 1.29 is 14.3 Å². The Hall–Kier alpha value is -2.87. The number of carbonyl (C=O) groups is 1. The number of rotatable bonds is 7. The zero-order chi connectivity index (χ0) is 19.8. The van der Waals surface area contributed by atoms with Crippen molar-refractivity contribution in [2.75, 3.05) is 7.11 Å². The van der Waals surface area contributed by atoms with Crippen molar-refractivity contribution in [2.24, 2.45) is 5.10 Å². The van der Waals surface area contributed by atoms with Crippen LogP contribution in [0, 0.1) is 3.57 Å². The van der Waals surface area contributed by atoms with E-state index >= 15 is 0 Å². The van der Waals surface area contributed by atoms with Crippen LogP contribution >= 0.6 is 22.6 Å². The summed E-state index contributed by atoms with van der Waals surface area (Å²) in [5.41, 5.74) is 4.91. The lowest BCUT2D eigenvalue weighted by atomic mass is 10.2. The van der Waals surface area contributed by atoms with Gasteiger partial charge in [-0.3, -0.25) is 4.79 Å². The van der Waals surface area contributed by atoms with Gasteiger partial charge in [0.05, 0.1) is 16.9 Å². The maximum atomic E-state index is 12.3. The standard InChI is InChI=1S/C22H19IN2O3/c1-27-21-12-11-17(13-19(21)23)22(26)25-24-14-18-9-5-6-10-20(18)28-15-16-7-3-2-4-8-16/h2-14H,15H2,1H3,(H,25,26). The van der Waals surface area contributed by atoms with Crippen LogP contribution in [0.15, 0.2) is 77.9 Å². The number of hydrogen-bond acceptors (Lipinski definition) is 4. The van der Waals surface area contributed by atoms with Crippen molar-refractivity contribution in [3.8, 4) is 11.5 Å². The third kappa shape index (κ3) is 5.32. The molecule has 6 heteroatoms. The summed E-state index contributed by atoms with van der Waals surface area (Å²) in [6.45, 7) is 0.461. The van der Waals surface area contributed by atoms with E-state index in [1.54, 1.807) is 31.5 Å². The van der Waals surface area contributed by atoms with Gasteiger partial charge in [-0.15, -0.1) is 0 Å². The van der Waals surface area contributed by atoms with Gasteiger partial charge in [0.15, 0.2) is 0 Å². The molecule has 0 atom stereocenters. The highest BCUT2D eigenvalue weighted by Gasteiger charge is 2.08. The van der Waals surface area contributed by atoms with Gasteiger partial charge in [-0.2, -0.15) is 5.10 Å². The van der Waals surface area contributed by atoms with E-state index < -0.39 is 0 Å². The average molecular weight is 486 g/mol. The van der Waals surface area contributed by atoms with Gasteiger partial charge in [0.25, 0.3) is 5.91 Å². The number of nitrogens with one attached hydrogen (secondary N) is 1. The van der Waals surface area contributed by atoms with Crippen molar-refractivity contribution in [1.29, 1.82) is 0 Å². The van der Waals surface area contributed by atoms with E-state index in [0.717, 1.165) is 20.4 Å². The predicted octanol–water partition coefficient (Wildman–Crippen LogP) is 4.64. The molecule has 3 aromatic carbocycles. The molecule has 28 heavy (non-hydrogen) atoms. The molecule has 1 N–H and O–H groups in total. The number of methoxy groups -OCH3 is 1. The number of amides is 1. The lowest BCUT2D eigenvalue weighted by Crippen LogP contribution is -2.17. The minimum atomic E-state index is -0.292. The SMILES string of the molecule is COc1ccc(C(=O)NN=Cc2ccccc2OCc2ccccc2)cc1I. The summed E-state index contributed by atoms with van der Waals surface area (Å²) in [5, 5.41) is 4.07. The highest BCUT2D eigenvalue weighted by Crippen LogP contribution is 2.21. The number of nitrogens with zero attached hydrogens (tertiary/aromatic N) is 1. The number of hydrogen-bond donors (Lipinski definition) is 1. The van der Waals surface area contributed by atoms with Crippen LogP contribution in [0.3, 0.4) is 0 Å². The summed E-state index contributed by atoms with van der Waals surface area (Å²) in [6.07, 6.45) is 1.58. The first-order valence-corrected chi connectivity index (χ1v) is 9.68. The van der Waals surface area contributed by atoms with E-state index in [-0.39, 0.29) is 5.91 Å². The molecule has 0 saturated heterocycles. The molecule has 1 amide bonds. The maximum absolute atomic E-state index is 12.3. The zero-order valence-corrected chi connectivity index (χ0v) is 17.4. The lowest BCUT2D eigenvalue weighted by molar-refractivity contribution is 0.0955. The molecule has 0 bridgehead atoms. The molecule has 0 aliphatic heterocycles. The van der Waals surface area contributed by atoms with Crippen molar-refractivity contribution in [3.63, 3.8) is 0 Å². The number of para-hydroxylation sites is 1. The van der Waals surface area contributed by atoms with Crippen molar-refractivity contribution >= 4 is 34.7 Å². The predicted molar refractivity (Wildman–Crippen MR) is 118 cm³/mol. The third-order valence-electron chi connectivity index (χ3n) is 3.94. The molecular weight excluding hydrogens is 467 g/mol. The first kappa shape index (κ1) is 19.9. The lowest BCUT2D eigenvalue weighted by Gasteiger charge is -2.09. The maximum Gasteiger partial charge on any atom is 0.271 e. The molecule has 0 aliphatic carbocycles. The fourth-order valence-electron chi connectivity index (χ4n) is 2.49. The van der Waals surface area contributed by atoms with Crippen LogP contribution in [0.5, 0.6) is 11.5 Å². The summed E-state index contributed by atoms with van der Waals surface area (Å²) < 4.78 is 11.9. The Morgan fingerprint density at radius 2 is 1.79 bits per heavy atom. The van der Waals surface area contributed by atoms with Gasteiger partial charge in [-0.05, 0) is 58.5 Å². The van der Waals surface area contributed by atoms with Gasteiger partial charge in [-0.25, -0.2) is 5.43 Å².